The summed E-state index contributed by atoms with van der Waals surface area (Å²) in [5, 5.41) is 7.46. The Morgan fingerprint density at radius 3 is 2.57 bits per heavy atom. The van der Waals surface area contributed by atoms with Gasteiger partial charge in [-0.15, -0.1) is 5.12 Å². The SMILES string of the molecule is CCON1C(c2ccc(Cl)cc2)=C(c2ccnc(NCc3ccccc3)n2)NN1C. The molecule has 4 rings (SSSR count). The second-order valence-electron chi connectivity index (χ2n) is 6.66. The van der Waals surface area contributed by atoms with Crippen molar-refractivity contribution in [3.63, 3.8) is 0 Å². The van der Waals surface area contributed by atoms with Gasteiger partial charge < -0.3 is 5.32 Å². The average Bonchev–Trinajstić information content (AvgIpc) is 3.10. The van der Waals surface area contributed by atoms with Gasteiger partial charge in [0.2, 0.25) is 5.95 Å². The lowest BCUT2D eigenvalue weighted by Gasteiger charge is -2.26. The topological polar surface area (TPSA) is 65.5 Å². The summed E-state index contributed by atoms with van der Waals surface area (Å²) in [7, 11) is 1.88. The van der Waals surface area contributed by atoms with E-state index < -0.39 is 0 Å². The van der Waals surface area contributed by atoms with Crippen molar-refractivity contribution in [2.24, 2.45) is 0 Å². The molecule has 154 valence electrons. The zero-order valence-electron chi connectivity index (χ0n) is 16.8. The Hall–Kier alpha value is -3.13. The monoisotopic (exact) mass is 422 g/mol. The van der Waals surface area contributed by atoms with Gasteiger partial charge in [-0.05, 0) is 30.7 Å². The van der Waals surface area contributed by atoms with Crippen LogP contribution in [0.5, 0.6) is 0 Å². The Morgan fingerprint density at radius 1 is 1.07 bits per heavy atom. The van der Waals surface area contributed by atoms with Gasteiger partial charge in [-0.2, -0.15) is 5.17 Å². The summed E-state index contributed by atoms with van der Waals surface area (Å²) in [5.41, 5.74) is 7.87. The molecule has 0 spiro atoms. The molecule has 0 bridgehead atoms. The van der Waals surface area contributed by atoms with E-state index in [9.17, 15) is 0 Å². The van der Waals surface area contributed by atoms with Crippen LogP contribution in [0.1, 0.15) is 23.7 Å². The van der Waals surface area contributed by atoms with Gasteiger partial charge in [0.05, 0.1) is 12.3 Å². The predicted molar refractivity (Wildman–Crippen MR) is 118 cm³/mol. The predicted octanol–water partition coefficient (Wildman–Crippen LogP) is 4.19. The fraction of sp³-hybridized carbons (Fsp3) is 0.182. The lowest BCUT2D eigenvalue weighted by atomic mass is 10.1. The Bertz CT molecular complexity index is 1030. The lowest BCUT2D eigenvalue weighted by Crippen LogP contribution is -2.39. The molecule has 7 nitrogen and oxygen atoms in total. The van der Waals surface area contributed by atoms with Gasteiger partial charge in [-0.25, -0.2) is 9.97 Å². The van der Waals surface area contributed by atoms with Crippen LogP contribution in [0.15, 0.2) is 66.9 Å². The third kappa shape index (κ3) is 4.38. The van der Waals surface area contributed by atoms with E-state index in [4.69, 9.17) is 21.4 Å². The number of hydrogen-bond donors (Lipinski definition) is 2. The summed E-state index contributed by atoms with van der Waals surface area (Å²) in [5.74, 6) is 0.554. The molecular formula is C22H23ClN6O. The Balaban J connectivity index is 1.67. The number of nitrogens with zero attached hydrogens (tertiary/aromatic N) is 4. The molecule has 1 aromatic heterocycles. The number of benzene rings is 2. The van der Waals surface area contributed by atoms with E-state index in [2.05, 4.69) is 27.9 Å². The number of hydrogen-bond acceptors (Lipinski definition) is 7. The number of hydroxylamine groups is 1. The molecule has 0 atom stereocenters. The third-order valence-corrected chi connectivity index (χ3v) is 4.80. The van der Waals surface area contributed by atoms with Crippen LogP contribution in [-0.4, -0.2) is 33.9 Å². The number of aromatic nitrogens is 2. The minimum atomic E-state index is 0.518. The third-order valence-electron chi connectivity index (χ3n) is 4.55. The van der Waals surface area contributed by atoms with E-state index in [1.165, 1.54) is 0 Å². The molecule has 0 unspecified atom stereocenters. The van der Waals surface area contributed by atoms with Crippen LogP contribution in [0.2, 0.25) is 5.02 Å². The second-order valence-corrected chi connectivity index (χ2v) is 7.10. The van der Waals surface area contributed by atoms with Gasteiger partial charge in [0.15, 0.2) is 0 Å². The molecular weight excluding hydrogens is 400 g/mol. The highest BCUT2D eigenvalue weighted by atomic mass is 35.5. The van der Waals surface area contributed by atoms with E-state index in [0.717, 1.165) is 28.2 Å². The number of anilines is 1. The second kappa shape index (κ2) is 9.13. The van der Waals surface area contributed by atoms with Crippen molar-refractivity contribution in [1.82, 2.24) is 25.7 Å². The highest BCUT2D eigenvalue weighted by molar-refractivity contribution is 6.30. The fourth-order valence-electron chi connectivity index (χ4n) is 3.18. The van der Waals surface area contributed by atoms with E-state index >= 15 is 0 Å². The molecule has 2 N–H and O–H groups in total. The largest absolute Gasteiger partial charge is 0.350 e. The van der Waals surface area contributed by atoms with Crippen LogP contribution in [0.4, 0.5) is 5.95 Å². The van der Waals surface area contributed by atoms with E-state index in [1.54, 1.807) is 16.5 Å². The zero-order chi connectivity index (χ0) is 20.9. The highest BCUT2D eigenvalue weighted by Crippen LogP contribution is 2.33. The number of nitrogens with one attached hydrogen (secondary N) is 2. The maximum Gasteiger partial charge on any atom is 0.223 e. The minimum absolute atomic E-state index is 0.518. The number of halogens is 1. The summed E-state index contributed by atoms with van der Waals surface area (Å²) < 4.78 is 0. The quantitative estimate of drug-likeness (QED) is 0.591. The molecule has 30 heavy (non-hydrogen) atoms. The molecule has 0 fully saturated rings. The first-order chi connectivity index (χ1) is 14.7. The standard InChI is InChI=1S/C22H23ClN6O/c1-3-30-29-21(17-9-11-18(23)12-10-17)20(27-28(29)2)19-13-14-24-22(26-19)25-15-16-7-5-4-6-8-16/h4-14,27H,3,15H2,1-2H3,(H,24,25,26). The van der Waals surface area contributed by atoms with Crippen molar-refractivity contribution in [2.45, 2.75) is 13.5 Å². The first kappa shape index (κ1) is 20.2. The molecule has 1 aliphatic rings. The van der Waals surface area contributed by atoms with Gasteiger partial charge >= 0.3 is 0 Å². The van der Waals surface area contributed by atoms with Crippen molar-refractivity contribution < 1.29 is 4.84 Å². The molecule has 2 aromatic carbocycles. The smallest absolute Gasteiger partial charge is 0.223 e. The Morgan fingerprint density at radius 2 is 1.83 bits per heavy atom. The normalized spacial score (nSPS) is 14.2. The van der Waals surface area contributed by atoms with E-state index in [1.807, 2.05) is 62.5 Å². The van der Waals surface area contributed by atoms with Crippen molar-refractivity contribution in [2.75, 3.05) is 19.0 Å². The molecule has 0 saturated heterocycles. The first-order valence-corrected chi connectivity index (χ1v) is 10.1. The maximum absolute atomic E-state index is 6.09. The number of rotatable bonds is 7. The lowest BCUT2D eigenvalue weighted by molar-refractivity contribution is -0.230. The molecule has 2 heterocycles. The summed E-state index contributed by atoms with van der Waals surface area (Å²) in [6.07, 6.45) is 1.74. The summed E-state index contributed by atoms with van der Waals surface area (Å²) in [4.78, 5) is 14.9. The van der Waals surface area contributed by atoms with E-state index in [0.29, 0.717) is 24.1 Å². The van der Waals surface area contributed by atoms with Crippen molar-refractivity contribution in [3.8, 4) is 0 Å². The summed E-state index contributed by atoms with van der Waals surface area (Å²) in [6, 6.07) is 19.6. The van der Waals surface area contributed by atoms with Crippen molar-refractivity contribution >= 4 is 28.9 Å². The first-order valence-electron chi connectivity index (χ1n) is 9.70. The van der Waals surface area contributed by atoms with Gasteiger partial charge in [-0.1, -0.05) is 54.1 Å². The van der Waals surface area contributed by atoms with Crippen LogP contribution in [0.25, 0.3) is 11.4 Å². The average molecular weight is 423 g/mol. The Kier molecular flexibility index (Phi) is 6.13. The van der Waals surface area contributed by atoms with Gasteiger partial charge in [0.1, 0.15) is 11.4 Å². The highest BCUT2D eigenvalue weighted by Gasteiger charge is 2.31. The fourth-order valence-corrected chi connectivity index (χ4v) is 3.31. The molecule has 0 radical (unpaired) electrons. The van der Waals surface area contributed by atoms with Crippen LogP contribution in [0.3, 0.4) is 0 Å². The summed E-state index contributed by atoms with van der Waals surface area (Å²) >= 11 is 6.09. The summed E-state index contributed by atoms with van der Waals surface area (Å²) in [6.45, 7) is 3.11. The molecule has 8 heteroatoms. The van der Waals surface area contributed by atoms with Crippen LogP contribution < -0.4 is 10.7 Å². The molecule has 0 aliphatic carbocycles. The molecule has 0 saturated carbocycles. The minimum Gasteiger partial charge on any atom is -0.350 e. The Labute approximate surface area is 180 Å². The molecule has 3 aromatic rings. The van der Waals surface area contributed by atoms with Crippen LogP contribution in [-0.2, 0) is 11.4 Å². The maximum atomic E-state index is 6.09. The van der Waals surface area contributed by atoms with Gasteiger partial charge in [0, 0.05) is 30.4 Å². The number of hydrazine groups is 2. The van der Waals surface area contributed by atoms with Crippen molar-refractivity contribution in [3.05, 3.63) is 88.7 Å². The van der Waals surface area contributed by atoms with Crippen molar-refractivity contribution in [1.29, 1.82) is 0 Å². The van der Waals surface area contributed by atoms with Crippen LogP contribution in [0, 0.1) is 0 Å². The molecule has 1 aliphatic heterocycles. The van der Waals surface area contributed by atoms with E-state index in [-0.39, 0.29) is 0 Å². The van der Waals surface area contributed by atoms with Gasteiger partial charge in [0.25, 0.3) is 0 Å². The molecule has 0 amide bonds. The van der Waals surface area contributed by atoms with Crippen LogP contribution >= 0.6 is 11.6 Å². The zero-order valence-corrected chi connectivity index (χ0v) is 17.6. The van der Waals surface area contributed by atoms with Gasteiger partial charge in [-0.3, -0.25) is 10.3 Å².